The maximum atomic E-state index is 12.2. The van der Waals surface area contributed by atoms with Gasteiger partial charge in [-0.15, -0.1) is 0 Å². The maximum absolute atomic E-state index is 12.2. The summed E-state index contributed by atoms with van der Waals surface area (Å²) in [6.45, 7) is 3.93. The number of hydrogen-bond acceptors (Lipinski definition) is 2. The van der Waals surface area contributed by atoms with Crippen LogP contribution in [0, 0.1) is 0 Å². The number of Topliss-reactive ketones (excluding diaryl/α,β-unsaturated/α-hetero) is 1. The minimum atomic E-state index is -0.420. The molecule has 1 aromatic carbocycles. The Kier molecular flexibility index (Phi) is 1.41. The summed E-state index contributed by atoms with van der Waals surface area (Å²) >= 11 is 0. The first-order valence-electron chi connectivity index (χ1n) is 5.04. The van der Waals surface area contributed by atoms with E-state index in [9.17, 15) is 4.79 Å². The molecule has 2 nitrogen and oxygen atoms in total. The molecule has 1 heterocycles. The third-order valence-electron chi connectivity index (χ3n) is 3.27. The minimum Gasteiger partial charge on any atom is -0.293 e. The zero-order valence-corrected chi connectivity index (χ0v) is 8.74. The van der Waals surface area contributed by atoms with Crippen LogP contribution in [0.15, 0.2) is 30.6 Å². The van der Waals surface area contributed by atoms with E-state index < -0.39 is 5.41 Å². The summed E-state index contributed by atoms with van der Waals surface area (Å²) < 4.78 is 0. The molecule has 0 saturated carbocycles. The van der Waals surface area contributed by atoms with Gasteiger partial charge in [0.15, 0.2) is 5.78 Å². The fraction of sp³-hybridized carbons (Fsp3) is 0.231. The number of ketones is 1. The number of carbonyl (C=O) groups is 1. The number of hydrogen-bond donors (Lipinski definition) is 0. The molecule has 1 aliphatic carbocycles. The molecular weight excluding hydrogens is 186 g/mol. The summed E-state index contributed by atoms with van der Waals surface area (Å²) in [7, 11) is 0. The average molecular weight is 197 g/mol. The van der Waals surface area contributed by atoms with Gasteiger partial charge in [0.25, 0.3) is 0 Å². The second-order valence-electron chi connectivity index (χ2n) is 4.54. The van der Waals surface area contributed by atoms with Gasteiger partial charge in [-0.25, -0.2) is 0 Å². The molecule has 15 heavy (non-hydrogen) atoms. The smallest absolute Gasteiger partial charge is 0.173 e. The molecule has 1 aromatic heterocycles. The second-order valence-corrected chi connectivity index (χ2v) is 4.54. The number of carbonyl (C=O) groups excluding carboxylic acids is 1. The van der Waals surface area contributed by atoms with Crippen LogP contribution in [0.4, 0.5) is 0 Å². The third-order valence-corrected chi connectivity index (χ3v) is 3.27. The number of benzene rings is 1. The van der Waals surface area contributed by atoms with E-state index in [-0.39, 0.29) is 5.78 Å². The van der Waals surface area contributed by atoms with Gasteiger partial charge in [0.2, 0.25) is 0 Å². The van der Waals surface area contributed by atoms with Gasteiger partial charge in [-0.3, -0.25) is 9.78 Å². The first kappa shape index (κ1) is 8.60. The van der Waals surface area contributed by atoms with Crippen LogP contribution >= 0.6 is 0 Å². The van der Waals surface area contributed by atoms with Crippen molar-refractivity contribution in [1.29, 1.82) is 0 Å². The maximum Gasteiger partial charge on any atom is 0.173 e. The van der Waals surface area contributed by atoms with Crippen molar-refractivity contribution >= 4 is 16.6 Å². The Labute approximate surface area is 87.9 Å². The van der Waals surface area contributed by atoms with Gasteiger partial charge in [0.1, 0.15) is 0 Å². The molecule has 0 spiro atoms. The van der Waals surface area contributed by atoms with Crippen molar-refractivity contribution in [3.05, 3.63) is 41.7 Å². The minimum absolute atomic E-state index is 0.205. The highest BCUT2D eigenvalue weighted by Crippen LogP contribution is 2.41. The van der Waals surface area contributed by atoms with Gasteiger partial charge in [0.05, 0.1) is 5.41 Å². The summed E-state index contributed by atoms with van der Waals surface area (Å²) in [6, 6.07) is 5.83. The molecular formula is C13H11NO. The summed E-state index contributed by atoms with van der Waals surface area (Å²) in [4.78, 5) is 16.4. The molecule has 0 bridgehead atoms. The molecule has 0 aliphatic heterocycles. The standard InChI is InChI=1S/C13H11NO/c1-13(2)10-7-14-6-8-4-3-5-9(11(8)10)12(13)15/h3-7H,1-2H3. The number of nitrogens with zero attached hydrogens (tertiary/aromatic N) is 1. The van der Waals surface area contributed by atoms with E-state index in [0.29, 0.717) is 0 Å². The van der Waals surface area contributed by atoms with Crippen molar-refractivity contribution in [2.24, 2.45) is 0 Å². The highest BCUT2D eigenvalue weighted by molar-refractivity contribution is 6.19. The number of rotatable bonds is 0. The Hall–Kier alpha value is -1.70. The fourth-order valence-corrected chi connectivity index (χ4v) is 2.36. The van der Waals surface area contributed by atoms with E-state index in [2.05, 4.69) is 4.98 Å². The summed E-state index contributed by atoms with van der Waals surface area (Å²) in [5, 5.41) is 2.14. The van der Waals surface area contributed by atoms with Gasteiger partial charge in [0, 0.05) is 23.3 Å². The third kappa shape index (κ3) is 0.890. The molecule has 2 aromatic rings. The molecule has 0 atom stereocenters. The predicted octanol–water partition coefficient (Wildman–Crippen LogP) is 2.71. The Morgan fingerprint density at radius 2 is 2.00 bits per heavy atom. The monoisotopic (exact) mass is 197 g/mol. The predicted molar refractivity (Wildman–Crippen MR) is 59.1 cm³/mol. The van der Waals surface area contributed by atoms with Crippen molar-refractivity contribution in [3.63, 3.8) is 0 Å². The number of pyridine rings is 1. The Morgan fingerprint density at radius 3 is 2.80 bits per heavy atom. The topological polar surface area (TPSA) is 30.0 Å². The van der Waals surface area contributed by atoms with Crippen molar-refractivity contribution in [2.45, 2.75) is 19.3 Å². The summed E-state index contributed by atoms with van der Waals surface area (Å²) in [6.07, 6.45) is 3.63. The molecule has 74 valence electrons. The van der Waals surface area contributed by atoms with Crippen LogP contribution in [0.2, 0.25) is 0 Å². The molecule has 0 N–H and O–H groups in total. The molecule has 0 unspecified atom stereocenters. The van der Waals surface area contributed by atoms with Gasteiger partial charge < -0.3 is 0 Å². The van der Waals surface area contributed by atoms with E-state index in [1.165, 1.54) is 0 Å². The Bertz CT molecular complexity index is 579. The largest absolute Gasteiger partial charge is 0.293 e. The van der Waals surface area contributed by atoms with Crippen molar-refractivity contribution in [3.8, 4) is 0 Å². The molecule has 2 heteroatoms. The summed E-state index contributed by atoms with van der Waals surface area (Å²) in [5.74, 6) is 0.205. The lowest BCUT2D eigenvalue weighted by atomic mass is 9.85. The quantitative estimate of drug-likeness (QED) is 0.650. The van der Waals surface area contributed by atoms with E-state index >= 15 is 0 Å². The average Bonchev–Trinajstić information content (AvgIpc) is 2.43. The van der Waals surface area contributed by atoms with Crippen molar-refractivity contribution in [1.82, 2.24) is 4.98 Å². The SMILES string of the molecule is CC1(C)C(=O)c2cccc3cncc1c23. The van der Waals surface area contributed by atoms with Crippen LogP contribution in [-0.2, 0) is 5.41 Å². The first-order chi connectivity index (χ1) is 7.12. The van der Waals surface area contributed by atoms with Gasteiger partial charge in [-0.1, -0.05) is 18.2 Å². The fourth-order valence-electron chi connectivity index (χ4n) is 2.36. The Morgan fingerprint density at radius 1 is 1.20 bits per heavy atom. The number of aromatic nitrogens is 1. The van der Waals surface area contributed by atoms with E-state index in [1.54, 1.807) is 0 Å². The highest BCUT2D eigenvalue weighted by atomic mass is 16.1. The van der Waals surface area contributed by atoms with Crippen LogP contribution < -0.4 is 0 Å². The van der Waals surface area contributed by atoms with Crippen LogP contribution in [0.3, 0.4) is 0 Å². The van der Waals surface area contributed by atoms with Crippen LogP contribution in [0.25, 0.3) is 10.8 Å². The Balaban J connectivity index is 2.56. The lowest BCUT2D eigenvalue weighted by molar-refractivity contribution is 0.0919. The summed E-state index contributed by atoms with van der Waals surface area (Å²) in [5.41, 5.74) is 1.48. The van der Waals surface area contributed by atoms with Crippen molar-refractivity contribution in [2.75, 3.05) is 0 Å². The first-order valence-corrected chi connectivity index (χ1v) is 5.04. The second kappa shape index (κ2) is 2.45. The van der Waals surface area contributed by atoms with E-state index in [0.717, 1.165) is 21.9 Å². The molecule has 0 amide bonds. The lowest BCUT2D eigenvalue weighted by Crippen LogP contribution is -2.23. The normalized spacial score (nSPS) is 17.3. The lowest BCUT2D eigenvalue weighted by Gasteiger charge is -2.16. The van der Waals surface area contributed by atoms with Gasteiger partial charge in [-0.2, -0.15) is 0 Å². The van der Waals surface area contributed by atoms with Gasteiger partial charge >= 0.3 is 0 Å². The zero-order valence-electron chi connectivity index (χ0n) is 8.74. The zero-order chi connectivity index (χ0) is 10.6. The molecule has 0 saturated heterocycles. The highest BCUT2D eigenvalue weighted by Gasteiger charge is 2.39. The van der Waals surface area contributed by atoms with Crippen LogP contribution in [0.1, 0.15) is 29.8 Å². The molecule has 1 aliphatic rings. The van der Waals surface area contributed by atoms with Gasteiger partial charge in [-0.05, 0) is 24.8 Å². The molecule has 0 radical (unpaired) electrons. The van der Waals surface area contributed by atoms with Crippen LogP contribution in [0.5, 0.6) is 0 Å². The molecule has 0 fully saturated rings. The molecule has 3 rings (SSSR count). The van der Waals surface area contributed by atoms with E-state index in [4.69, 9.17) is 0 Å². The van der Waals surface area contributed by atoms with Crippen molar-refractivity contribution < 1.29 is 4.79 Å². The van der Waals surface area contributed by atoms with Crippen LogP contribution in [-0.4, -0.2) is 10.8 Å². The van der Waals surface area contributed by atoms with E-state index in [1.807, 2.05) is 44.4 Å².